The fourth-order valence-electron chi connectivity index (χ4n) is 3.87. The van der Waals surface area contributed by atoms with E-state index >= 15 is 4.39 Å². The van der Waals surface area contributed by atoms with E-state index in [1.165, 1.54) is 6.26 Å². The van der Waals surface area contributed by atoms with E-state index in [4.69, 9.17) is 4.52 Å². The average molecular weight is 460 g/mol. The summed E-state index contributed by atoms with van der Waals surface area (Å²) in [7, 11) is -4.66. The average Bonchev–Trinajstić information content (AvgIpc) is 3.45. The van der Waals surface area contributed by atoms with Gasteiger partial charge in [0.1, 0.15) is 6.26 Å². The molecule has 0 aliphatic heterocycles. The van der Waals surface area contributed by atoms with Crippen molar-refractivity contribution in [3.05, 3.63) is 47.3 Å². The molecule has 11 heteroatoms. The van der Waals surface area contributed by atoms with Gasteiger partial charge < -0.3 is 9.84 Å². The highest BCUT2D eigenvalue weighted by Gasteiger charge is 2.48. The van der Waals surface area contributed by atoms with Gasteiger partial charge in [0.05, 0.1) is 10.5 Å². The maximum absolute atomic E-state index is 15.4. The second-order valence-corrected chi connectivity index (χ2v) is 10.3. The summed E-state index contributed by atoms with van der Waals surface area (Å²) in [5.41, 5.74) is -0.256. The first-order chi connectivity index (χ1) is 14.5. The topological polar surface area (TPSA) is 89.3 Å². The van der Waals surface area contributed by atoms with Crippen molar-refractivity contribution in [1.29, 1.82) is 0 Å². The Bertz CT molecular complexity index is 1080. The zero-order valence-electron chi connectivity index (χ0n) is 16.3. The van der Waals surface area contributed by atoms with Gasteiger partial charge in [-0.1, -0.05) is 11.2 Å². The molecule has 0 saturated heterocycles. The molecule has 4 rings (SSSR count). The number of hydrogen-bond donors (Lipinski definition) is 1. The van der Waals surface area contributed by atoms with Gasteiger partial charge in [0, 0.05) is 11.6 Å². The lowest BCUT2D eigenvalue weighted by Gasteiger charge is -2.33. The molecule has 1 aromatic carbocycles. The van der Waals surface area contributed by atoms with E-state index in [-0.39, 0.29) is 24.5 Å². The van der Waals surface area contributed by atoms with E-state index in [2.05, 4.69) is 10.5 Å². The number of carbonyl (C=O) groups is 1. The number of rotatable bonds is 5. The molecule has 0 unspecified atom stereocenters. The minimum absolute atomic E-state index is 0.0248. The zero-order chi connectivity index (χ0) is 22.4. The lowest BCUT2D eigenvalue weighted by atomic mass is 9.93. The molecule has 2 aromatic rings. The van der Waals surface area contributed by atoms with Crippen molar-refractivity contribution in [2.45, 2.75) is 66.6 Å². The summed E-state index contributed by atoms with van der Waals surface area (Å²) >= 11 is 0. The lowest BCUT2D eigenvalue weighted by Crippen LogP contribution is -2.45. The van der Waals surface area contributed by atoms with Crippen molar-refractivity contribution in [2.24, 2.45) is 0 Å². The number of carbonyl (C=O) groups excluding carboxylic acids is 1. The second kappa shape index (κ2) is 7.61. The third kappa shape index (κ3) is 4.19. The van der Waals surface area contributed by atoms with E-state index in [1.54, 1.807) is 0 Å². The van der Waals surface area contributed by atoms with Crippen LogP contribution in [-0.4, -0.2) is 30.5 Å². The molecule has 1 N–H and O–H groups in total. The van der Waals surface area contributed by atoms with Crippen molar-refractivity contribution in [3.8, 4) is 0 Å². The first kappa shape index (κ1) is 21.8. The fraction of sp³-hybridized carbons (Fsp3) is 0.500. The lowest BCUT2D eigenvalue weighted by molar-refractivity contribution is -0.137. The summed E-state index contributed by atoms with van der Waals surface area (Å²) in [4.78, 5) is 11.8. The molecule has 0 bridgehead atoms. The molecule has 6 nitrogen and oxygen atoms in total. The summed E-state index contributed by atoms with van der Waals surface area (Å²) in [5.74, 6) is -0.220. The first-order valence-corrected chi connectivity index (χ1v) is 11.4. The van der Waals surface area contributed by atoms with Gasteiger partial charge in [-0.3, -0.25) is 4.79 Å². The van der Waals surface area contributed by atoms with Crippen molar-refractivity contribution in [1.82, 2.24) is 10.5 Å². The van der Waals surface area contributed by atoms with Crippen LogP contribution in [0.2, 0.25) is 0 Å². The fourth-order valence-corrected chi connectivity index (χ4v) is 5.60. The van der Waals surface area contributed by atoms with Crippen LogP contribution in [0.1, 0.15) is 66.1 Å². The highest BCUT2D eigenvalue weighted by Crippen LogP contribution is 2.43. The molecular weight excluding hydrogens is 440 g/mol. The summed E-state index contributed by atoms with van der Waals surface area (Å²) in [5, 5.41) is 3.76. The summed E-state index contributed by atoms with van der Waals surface area (Å²) in [6.45, 7) is 0. The maximum atomic E-state index is 15.4. The van der Waals surface area contributed by atoms with Crippen molar-refractivity contribution >= 4 is 15.7 Å². The second-order valence-electron chi connectivity index (χ2n) is 8.05. The Balaban J connectivity index is 1.44. The third-order valence-electron chi connectivity index (χ3n) is 5.85. The molecule has 2 saturated carbocycles. The zero-order valence-corrected chi connectivity index (χ0v) is 17.1. The van der Waals surface area contributed by atoms with Gasteiger partial charge >= 0.3 is 6.18 Å². The molecule has 1 heterocycles. The number of benzene rings is 1. The Kier molecular flexibility index (Phi) is 5.35. The highest BCUT2D eigenvalue weighted by molar-refractivity contribution is 7.92. The summed E-state index contributed by atoms with van der Waals surface area (Å²) < 4.78 is 84.6. The standard InChI is InChI=1S/C20H20F4N2O4S/c21-19(31(28,29)15-3-1-2-13(10-15)20(22,23)24)8-6-14(7-9-19)25-18(27)17-16(11-30-26-17)12-4-5-12/h1-3,10-12,14H,4-9H2,(H,25,27)/t14-,19+. The number of halogens is 4. The largest absolute Gasteiger partial charge is 0.416 e. The van der Waals surface area contributed by atoms with E-state index in [9.17, 15) is 26.4 Å². The predicted octanol–water partition coefficient (Wildman–Crippen LogP) is 4.38. The number of aromatic nitrogens is 1. The van der Waals surface area contributed by atoms with Crippen LogP contribution in [-0.2, 0) is 16.0 Å². The number of alkyl halides is 4. The Morgan fingerprint density at radius 3 is 2.45 bits per heavy atom. The van der Waals surface area contributed by atoms with Gasteiger partial charge in [-0.05, 0) is 62.6 Å². The third-order valence-corrected chi connectivity index (χ3v) is 8.10. The Morgan fingerprint density at radius 1 is 1.16 bits per heavy atom. The van der Waals surface area contributed by atoms with E-state index < -0.39 is 56.3 Å². The monoisotopic (exact) mass is 460 g/mol. The van der Waals surface area contributed by atoms with Gasteiger partial charge in [0.2, 0.25) is 14.8 Å². The molecule has 2 fully saturated rings. The van der Waals surface area contributed by atoms with E-state index in [0.717, 1.165) is 36.6 Å². The molecule has 1 aromatic heterocycles. The van der Waals surface area contributed by atoms with E-state index in [1.807, 2.05) is 0 Å². The smallest absolute Gasteiger partial charge is 0.364 e. The maximum Gasteiger partial charge on any atom is 0.416 e. The number of amides is 1. The van der Waals surface area contributed by atoms with Crippen LogP contribution in [0, 0.1) is 0 Å². The van der Waals surface area contributed by atoms with Crippen LogP contribution in [0.15, 0.2) is 39.9 Å². The summed E-state index contributed by atoms with van der Waals surface area (Å²) in [6, 6.07) is 2.62. The molecule has 168 valence electrons. The van der Waals surface area contributed by atoms with Crippen LogP contribution >= 0.6 is 0 Å². The van der Waals surface area contributed by atoms with E-state index in [0.29, 0.717) is 6.07 Å². The molecule has 2 aliphatic rings. The molecule has 0 atom stereocenters. The van der Waals surface area contributed by atoms with Crippen LogP contribution in [0.3, 0.4) is 0 Å². The molecule has 0 spiro atoms. The SMILES string of the molecule is O=C(N[C@H]1CC[C@@](F)(S(=O)(=O)c2cccc(C(F)(F)F)c2)CC1)c1nocc1C1CC1. The van der Waals surface area contributed by atoms with Gasteiger partial charge in [-0.25, -0.2) is 12.8 Å². The van der Waals surface area contributed by atoms with Gasteiger partial charge in [0.25, 0.3) is 5.91 Å². The van der Waals surface area contributed by atoms with Crippen molar-refractivity contribution in [3.63, 3.8) is 0 Å². The number of sulfone groups is 1. The van der Waals surface area contributed by atoms with Gasteiger partial charge in [0.15, 0.2) is 5.69 Å². The van der Waals surface area contributed by atoms with Crippen LogP contribution in [0.4, 0.5) is 17.6 Å². The van der Waals surface area contributed by atoms with Crippen molar-refractivity contribution in [2.75, 3.05) is 0 Å². The Hall–Kier alpha value is -2.43. The highest BCUT2D eigenvalue weighted by atomic mass is 32.2. The van der Waals surface area contributed by atoms with Gasteiger partial charge in [-0.15, -0.1) is 0 Å². The minimum atomic E-state index is -4.74. The number of hydrogen-bond acceptors (Lipinski definition) is 5. The first-order valence-electron chi connectivity index (χ1n) is 9.87. The molecule has 2 aliphatic carbocycles. The molecule has 0 radical (unpaired) electrons. The Labute approximate surface area is 175 Å². The van der Waals surface area contributed by atoms with Crippen LogP contribution < -0.4 is 5.32 Å². The van der Waals surface area contributed by atoms with Crippen LogP contribution in [0.25, 0.3) is 0 Å². The van der Waals surface area contributed by atoms with Gasteiger partial charge in [-0.2, -0.15) is 13.2 Å². The number of nitrogens with zero attached hydrogens (tertiary/aromatic N) is 1. The molecular formula is C20H20F4N2O4S. The summed E-state index contributed by atoms with van der Waals surface area (Å²) in [6.07, 6.45) is -2.24. The molecule has 1 amide bonds. The Morgan fingerprint density at radius 2 is 1.84 bits per heavy atom. The predicted molar refractivity (Wildman–Crippen MR) is 101 cm³/mol. The normalized spacial score (nSPS) is 24.7. The van der Waals surface area contributed by atoms with Crippen molar-refractivity contribution < 1.29 is 35.3 Å². The minimum Gasteiger partial charge on any atom is -0.364 e. The molecule has 31 heavy (non-hydrogen) atoms. The quantitative estimate of drug-likeness (QED) is 0.669. The van der Waals surface area contributed by atoms with Crippen LogP contribution in [0.5, 0.6) is 0 Å². The number of nitrogens with one attached hydrogen (secondary N) is 1.